The molecule has 1 aromatic heterocycles. The van der Waals surface area contributed by atoms with Crippen LogP contribution in [0.2, 0.25) is 0 Å². The average Bonchev–Trinajstić information content (AvgIpc) is 3.07. The highest BCUT2D eigenvalue weighted by Crippen LogP contribution is 2.36. The van der Waals surface area contributed by atoms with Crippen LogP contribution in [-0.2, 0) is 12.8 Å². The van der Waals surface area contributed by atoms with Gasteiger partial charge in [0.1, 0.15) is 0 Å². The molecule has 3 aromatic rings. The van der Waals surface area contributed by atoms with E-state index in [2.05, 4.69) is 29.7 Å². The first-order valence-electron chi connectivity index (χ1n) is 9.30. The van der Waals surface area contributed by atoms with Crippen molar-refractivity contribution in [2.75, 3.05) is 0 Å². The molecule has 1 unspecified atom stereocenters. The maximum absolute atomic E-state index is 11.4. The molecule has 0 fully saturated rings. The Morgan fingerprint density at radius 1 is 1.12 bits per heavy atom. The lowest BCUT2D eigenvalue weighted by Gasteiger charge is -2.23. The van der Waals surface area contributed by atoms with Crippen LogP contribution in [0, 0.1) is 5.92 Å². The number of fused-ring (bicyclic) bond motifs is 1. The van der Waals surface area contributed by atoms with Gasteiger partial charge in [-0.1, -0.05) is 49.7 Å². The van der Waals surface area contributed by atoms with Gasteiger partial charge < -0.3 is 9.67 Å². The van der Waals surface area contributed by atoms with Gasteiger partial charge in [0.25, 0.3) is 0 Å². The van der Waals surface area contributed by atoms with Crippen molar-refractivity contribution in [2.24, 2.45) is 5.92 Å². The van der Waals surface area contributed by atoms with Crippen LogP contribution >= 0.6 is 0 Å². The fraction of sp³-hybridized carbons (Fsp3) is 0.261. The van der Waals surface area contributed by atoms with E-state index >= 15 is 0 Å². The molecule has 0 spiro atoms. The second-order valence-corrected chi connectivity index (χ2v) is 7.08. The Bertz CT molecular complexity index is 940. The maximum Gasteiger partial charge on any atom is 0.335 e. The number of carboxylic acids is 1. The van der Waals surface area contributed by atoms with Crippen molar-refractivity contribution < 1.29 is 9.90 Å². The van der Waals surface area contributed by atoms with Crippen molar-refractivity contribution in [3.63, 3.8) is 0 Å². The molecule has 0 saturated carbocycles. The van der Waals surface area contributed by atoms with E-state index in [4.69, 9.17) is 0 Å². The van der Waals surface area contributed by atoms with Crippen LogP contribution in [0.4, 0.5) is 0 Å². The number of aromatic nitrogens is 1. The molecule has 1 N–H and O–H groups in total. The summed E-state index contributed by atoms with van der Waals surface area (Å²) in [5, 5.41) is 9.39. The summed E-state index contributed by atoms with van der Waals surface area (Å²) in [5.74, 6) is -0.146. The van der Waals surface area contributed by atoms with Crippen molar-refractivity contribution in [1.82, 2.24) is 4.57 Å². The molecule has 132 valence electrons. The molecule has 1 heterocycles. The van der Waals surface area contributed by atoms with Gasteiger partial charge in [-0.2, -0.15) is 0 Å². The standard InChI is InChI=1S/C23H23NO2/c1-2-16-11-12-21-19(13-16)15-22(17-7-4-3-5-8-17)24(21)20-10-6-9-18(14-20)23(25)26/h3-10,14-16H,2,11-13H2,1H3,(H,25,26). The van der Waals surface area contributed by atoms with Gasteiger partial charge in [0, 0.05) is 11.4 Å². The highest BCUT2D eigenvalue weighted by atomic mass is 16.4. The van der Waals surface area contributed by atoms with E-state index in [0.29, 0.717) is 5.56 Å². The SMILES string of the molecule is CCC1CCc2c(cc(-c3ccccc3)n2-c2cccc(C(=O)O)c2)C1. The Kier molecular flexibility index (Phi) is 4.37. The highest BCUT2D eigenvalue weighted by Gasteiger charge is 2.24. The van der Waals surface area contributed by atoms with Crippen LogP contribution in [-0.4, -0.2) is 15.6 Å². The van der Waals surface area contributed by atoms with Crippen molar-refractivity contribution in [3.05, 3.63) is 77.5 Å². The van der Waals surface area contributed by atoms with Crippen LogP contribution in [0.3, 0.4) is 0 Å². The number of hydrogen-bond acceptors (Lipinski definition) is 1. The summed E-state index contributed by atoms with van der Waals surface area (Å²) in [6.45, 7) is 2.26. The first-order valence-corrected chi connectivity index (χ1v) is 9.30. The van der Waals surface area contributed by atoms with E-state index in [1.54, 1.807) is 12.1 Å². The molecule has 1 atom stereocenters. The fourth-order valence-electron chi connectivity index (χ4n) is 4.05. The van der Waals surface area contributed by atoms with Gasteiger partial charge >= 0.3 is 5.97 Å². The van der Waals surface area contributed by atoms with E-state index in [0.717, 1.165) is 35.7 Å². The van der Waals surface area contributed by atoms with Crippen molar-refractivity contribution in [2.45, 2.75) is 32.6 Å². The molecule has 3 nitrogen and oxygen atoms in total. The summed E-state index contributed by atoms with van der Waals surface area (Å²) in [6.07, 6.45) is 4.55. The van der Waals surface area contributed by atoms with E-state index in [-0.39, 0.29) is 0 Å². The van der Waals surface area contributed by atoms with E-state index in [1.807, 2.05) is 30.3 Å². The maximum atomic E-state index is 11.4. The summed E-state index contributed by atoms with van der Waals surface area (Å²) in [6, 6.07) is 19.9. The number of nitrogens with zero attached hydrogens (tertiary/aromatic N) is 1. The summed E-state index contributed by atoms with van der Waals surface area (Å²) in [7, 11) is 0. The zero-order valence-corrected chi connectivity index (χ0v) is 15.0. The first kappa shape index (κ1) is 16.6. The largest absolute Gasteiger partial charge is 0.478 e. The van der Waals surface area contributed by atoms with E-state index in [1.165, 1.54) is 24.1 Å². The predicted molar refractivity (Wildman–Crippen MR) is 104 cm³/mol. The second kappa shape index (κ2) is 6.83. The van der Waals surface area contributed by atoms with Crippen LogP contribution in [0.15, 0.2) is 60.7 Å². The monoisotopic (exact) mass is 345 g/mol. The molecule has 0 aliphatic heterocycles. The summed E-state index contributed by atoms with van der Waals surface area (Å²) < 4.78 is 2.27. The Labute approximate surface area is 153 Å². The third-order valence-corrected chi connectivity index (χ3v) is 5.49. The van der Waals surface area contributed by atoms with Gasteiger partial charge in [-0.25, -0.2) is 4.79 Å². The Morgan fingerprint density at radius 2 is 1.92 bits per heavy atom. The number of carbonyl (C=O) groups is 1. The average molecular weight is 345 g/mol. The topological polar surface area (TPSA) is 42.2 Å². The Hall–Kier alpha value is -2.81. The van der Waals surface area contributed by atoms with Gasteiger partial charge in [0.2, 0.25) is 0 Å². The Morgan fingerprint density at radius 3 is 2.65 bits per heavy atom. The quantitative estimate of drug-likeness (QED) is 0.692. The van der Waals surface area contributed by atoms with Crippen LogP contribution in [0.1, 0.15) is 41.4 Å². The molecule has 0 radical (unpaired) electrons. The minimum Gasteiger partial charge on any atom is -0.478 e. The molecule has 1 aliphatic rings. The molecule has 4 rings (SSSR count). The molecule has 1 aliphatic carbocycles. The third kappa shape index (κ3) is 2.94. The molecular weight excluding hydrogens is 322 g/mol. The smallest absolute Gasteiger partial charge is 0.335 e. The first-order chi connectivity index (χ1) is 12.7. The third-order valence-electron chi connectivity index (χ3n) is 5.49. The summed E-state index contributed by atoms with van der Waals surface area (Å²) in [5.41, 5.74) is 6.30. The van der Waals surface area contributed by atoms with Gasteiger partial charge in [-0.15, -0.1) is 0 Å². The summed E-state index contributed by atoms with van der Waals surface area (Å²) >= 11 is 0. The van der Waals surface area contributed by atoms with Gasteiger partial charge in [-0.05, 0) is 60.6 Å². The molecular formula is C23H23NO2. The molecule has 0 saturated heterocycles. The number of rotatable bonds is 4. The zero-order valence-electron chi connectivity index (χ0n) is 15.0. The van der Waals surface area contributed by atoms with Crippen LogP contribution in [0.25, 0.3) is 16.9 Å². The molecule has 26 heavy (non-hydrogen) atoms. The van der Waals surface area contributed by atoms with Crippen LogP contribution < -0.4 is 0 Å². The minimum atomic E-state index is -0.889. The second-order valence-electron chi connectivity index (χ2n) is 7.08. The lowest BCUT2D eigenvalue weighted by atomic mass is 9.86. The van der Waals surface area contributed by atoms with Gasteiger partial charge in [0.05, 0.1) is 11.3 Å². The van der Waals surface area contributed by atoms with E-state index in [9.17, 15) is 9.90 Å². The van der Waals surface area contributed by atoms with Crippen molar-refractivity contribution >= 4 is 5.97 Å². The number of benzene rings is 2. The number of aromatic carboxylic acids is 1. The van der Waals surface area contributed by atoms with Crippen molar-refractivity contribution in [3.8, 4) is 16.9 Å². The molecule has 3 heteroatoms. The molecule has 2 aromatic carbocycles. The Balaban J connectivity index is 1.91. The van der Waals surface area contributed by atoms with E-state index < -0.39 is 5.97 Å². The normalized spacial score (nSPS) is 16.3. The number of hydrogen-bond donors (Lipinski definition) is 1. The lowest BCUT2D eigenvalue weighted by molar-refractivity contribution is 0.0697. The van der Waals surface area contributed by atoms with Crippen molar-refractivity contribution in [1.29, 1.82) is 0 Å². The highest BCUT2D eigenvalue weighted by molar-refractivity contribution is 5.88. The minimum absolute atomic E-state index is 0.325. The zero-order chi connectivity index (χ0) is 18.1. The summed E-state index contributed by atoms with van der Waals surface area (Å²) in [4.78, 5) is 11.4. The molecule has 0 bridgehead atoms. The van der Waals surface area contributed by atoms with Gasteiger partial charge in [0.15, 0.2) is 0 Å². The molecule has 0 amide bonds. The predicted octanol–water partition coefficient (Wildman–Crippen LogP) is 5.36. The lowest BCUT2D eigenvalue weighted by Crippen LogP contribution is -2.15. The van der Waals surface area contributed by atoms with Crippen LogP contribution in [0.5, 0.6) is 0 Å². The fourth-order valence-corrected chi connectivity index (χ4v) is 4.05. The van der Waals surface area contributed by atoms with Gasteiger partial charge in [-0.3, -0.25) is 0 Å². The number of carboxylic acid groups (broad SMARTS) is 1.